The van der Waals surface area contributed by atoms with Crippen LogP contribution in [0.5, 0.6) is 0 Å². The number of hydrogen-bond acceptors (Lipinski definition) is 3. The quantitative estimate of drug-likeness (QED) is 0.647. The summed E-state index contributed by atoms with van der Waals surface area (Å²) in [5.41, 5.74) is 1.85. The number of Topliss-reactive ketones (excluding diaryl/α,β-unsaturated/α-hetero) is 1. The van der Waals surface area contributed by atoms with Crippen LogP contribution in [-0.4, -0.2) is 24.8 Å². The molecule has 0 aromatic rings. The third-order valence-electron chi connectivity index (χ3n) is 9.01. The van der Waals surface area contributed by atoms with Crippen molar-refractivity contribution in [2.45, 2.75) is 64.6 Å². The maximum absolute atomic E-state index is 12.5. The van der Waals surface area contributed by atoms with Crippen LogP contribution < -0.4 is 0 Å². The number of fused-ring (bicyclic) bond motifs is 5. The number of allylic oxidation sites excluding steroid dienone is 3. The highest BCUT2D eigenvalue weighted by Gasteiger charge is 2.59. The largest absolute Gasteiger partial charge is 0.348 e. The van der Waals surface area contributed by atoms with Gasteiger partial charge in [-0.1, -0.05) is 24.6 Å². The van der Waals surface area contributed by atoms with Crippen LogP contribution in [-0.2, 0) is 14.3 Å². The van der Waals surface area contributed by atoms with Crippen molar-refractivity contribution in [3.05, 3.63) is 24.3 Å². The van der Waals surface area contributed by atoms with Crippen molar-refractivity contribution in [3.8, 4) is 0 Å². The van der Waals surface area contributed by atoms with E-state index in [1.165, 1.54) is 19.3 Å². The van der Waals surface area contributed by atoms with Crippen molar-refractivity contribution in [2.75, 3.05) is 13.2 Å². The van der Waals surface area contributed by atoms with E-state index in [1.54, 1.807) is 12.5 Å². The van der Waals surface area contributed by atoms with Crippen molar-refractivity contribution >= 4 is 5.78 Å². The first-order valence-electron chi connectivity index (χ1n) is 11.1. The zero-order valence-corrected chi connectivity index (χ0v) is 16.9. The molecular weight excluding hydrogens is 336 g/mol. The van der Waals surface area contributed by atoms with Crippen LogP contribution in [0, 0.1) is 40.9 Å². The molecule has 5 aliphatic rings. The fourth-order valence-electron chi connectivity index (χ4n) is 7.98. The second-order valence-electron chi connectivity index (χ2n) is 10.1. The normalized spacial score (nSPS) is 47.7. The second kappa shape index (κ2) is 6.29. The molecule has 0 aromatic heterocycles. The van der Waals surface area contributed by atoms with Crippen LogP contribution in [0.15, 0.2) is 24.3 Å². The summed E-state index contributed by atoms with van der Waals surface area (Å²) >= 11 is 0. The highest BCUT2D eigenvalue weighted by Crippen LogP contribution is 2.64. The summed E-state index contributed by atoms with van der Waals surface area (Å²) in [6.45, 7) is 9.79. The van der Waals surface area contributed by atoms with Crippen molar-refractivity contribution in [3.63, 3.8) is 0 Å². The van der Waals surface area contributed by atoms with Gasteiger partial charge in [-0.3, -0.25) is 4.79 Å². The van der Waals surface area contributed by atoms with E-state index in [0.29, 0.717) is 35.4 Å². The molecule has 1 saturated heterocycles. The van der Waals surface area contributed by atoms with E-state index in [1.807, 2.05) is 0 Å². The average molecular weight is 371 g/mol. The van der Waals surface area contributed by atoms with Gasteiger partial charge in [0.05, 0.1) is 13.2 Å². The van der Waals surface area contributed by atoms with Crippen LogP contribution >= 0.6 is 0 Å². The first kappa shape index (κ1) is 18.1. The van der Waals surface area contributed by atoms with E-state index in [9.17, 15) is 4.79 Å². The molecule has 0 amide bonds. The number of ether oxygens (including phenoxy) is 2. The van der Waals surface area contributed by atoms with Crippen molar-refractivity contribution in [2.24, 2.45) is 40.9 Å². The zero-order valence-electron chi connectivity index (χ0n) is 16.9. The molecular formula is C24H34O3. The van der Waals surface area contributed by atoms with Crippen molar-refractivity contribution in [1.82, 2.24) is 0 Å². The lowest BCUT2D eigenvalue weighted by Crippen LogP contribution is -2.47. The van der Waals surface area contributed by atoms with Gasteiger partial charge in [0.15, 0.2) is 5.79 Å². The molecule has 1 heterocycles. The Morgan fingerprint density at radius 3 is 2.70 bits per heavy atom. The maximum atomic E-state index is 12.5. The van der Waals surface area contributed by atoms with Gasteiger partial charge in [-0.05, 0) is 74.0 Å². The minimum atomic E-state index is -0.265. The number of hydrogen-bond donors (Lipinski definition) is 0. The van der Waals surface area contributed by atoms with Gasteiger partial charge in [0, 0.05) is 18.8 Å². The van der Waals surface area contributed by atoms with E-state index < -0.39 is 0 Å². The molecule has 0 radical (unpaired) electrons. The summed E-state index contributed by atoms with van der Waals surface area (Å²) in [4.78, 5) is 12.5. The Balaban J connectivity index is 1.42. The van der Waals surface area contributed by atoms with Gasteiger partial charge in [-0.25, -0.2) is 0 Å². The van der Waals surface area contributed by atoms with E-state index in [2.05, 4.69) is 25.7 Å². The van der Waals surface area contributed by atoms with Gasteiger partial charge in [-0.15, -0.1) is 6.58 Å². The highest BCUT2D eigenvalue weighted by atomic mass is 16.7. The molecule has 0 aromatic carbocycles. The number of rotatable bonds is 2. The van der Waals surface area contributed by atoms with Gasteiger partial charge in [0.2, 0.25) is 0 Å². The Morgan fingerprint density at radius 1 is 1.22 bits per heavy atom. The Labute approximate surface area is 163 Å². The summed E-state index contributed by atoms with van der Waals surface area (Å²) in [6, 6.07) is 0. The predicted molar refractivity (Wildman–Crippen MR) is 105 cm³/mol. The molecule has 0 N–H and O–H groups in total. The molecule has 148 valence electrons. The fourth-order valence-corrected chi connectivity index (χ4v) is 7.98. The Morgan fingerprint density at radius 2 is 2.00 bits per heavy atom. The van der Waals surface area contributed by atoms with Gasteiger partial charge in [0.25, 0.3) is 0 Å². The number of carbonyl (C=O) groups is 1. The third-order valence-corrected chi connectivity index (χ3v) is 9.01. The maximum Gasteiger partial charge on any atom is 0.168 e. The Bertz CT molecular complexity index is 673. The molecule has 3 heteroatoms. The first-order chi connectivity index (χ1) is 13.0. The molecule has 1 aliphatic heterocycles. The molecule has 27 heavy (non-hydrogen) atoms. The molecule has 4 fully saturated rings. The van der Waals surface area contributed by atoms with Gasteiger partial charge < -0.3 is 9.47 Å². The molecule has 4 aliphatic carbocycles. The highest BCUT2D eigenvalue weighted by molar-refractivity contribution is 5.80. The third kappa shape index (κ3) is 2.57. The lowest BCUT2D eigenvalue weighted by atomic mass is 9.53. The molecule has 5 rings (SSSR count). The smallest absolute Gasteiger partial charge is 0.168 e. The Hall–Kier alpha value is -0.930. The Kier molecular flexibility index (Phi) is 4.22. The molecule has 0 bridgehead atoms. The summed E-state index contributed by atoms with van der Waals surface area (Å²) in [5, 5.41) is 0. The molecule has 4 unspecified atom stereocenters. The summed E-state index contributed by atoms with van der Waals surface area (Å²) in [5.74, 6) is 3.36. The lowest BCUT2D eigenvalue weighted by molar-refractivity contribution is -0.196. The zero-order chi connectivity index (χ0) is 18.8. The van der Waals surface area contributed by atoms with Crippen LogP contribution in [0.4, 0.5) is 0 Å². The topological polar surface area (TPSA) is 35.5 Å². The van der Waals surface area contributed by atoms with Gasteiger partial charge in [0.1, 0.15) is 5.78 Å². The van der Waals surface area contributed by atoms with E-state index in [0.717, 1.165) is 38.9 Å². The molecule has 3 saturated carbocycles. The van der Waals surface area contributed by atoms with Crippen LogP contribution in [0.1, 0.15) is 58.8 Å². The fraction of sp³-hybridized carbons (Fsp3) is 0.792. The minimum Gasteiger partial charge on any atom is -0.348 e. The second-order valence-corrected chi connectivity index (χ2v) is 10.1. The van der Waals surface area contributed by atoms with Gasteiger partial charge >= 0.3 is 0 Å². The molecule has 7 atom stereocenters. The van der Waals surface area contributed by atoms with Crippen LogP contribution in [0.3, 0.4) is 0 Å². The van der Waals surface area contributed by atoms with Gasteiger partial charge in [-0.2, -0.15) is 0 Å². The summed E-state index contributed by atoms with van der Waals surface area (Å²) < 4.78 is 12.1. The number of ketones is 1. The monoisotopic (exact) mass is 370 g/mol. The predicted octanol–water partition coefficient (Wildman–Crippen LogP) is 4.92. The molecule has 3 nitrogen and oxygen atoms in total. The first-order valence-corrected chi connectivity index (χ1v) is 11.1. The summed E-state index contributed by atoms with van der Waals surface area (Å²) in [7, 11) is 0. The SMILES string of the molecule is C=C[C@@H]1CC2C3CC[C@H]4CC5(CCC4C3=CC[C@]2(C)C1C(C)=O)OCCO5. The van der Waals surface area contributed by atoms with E-state index in [-0.39, 0.29) is 17.1 Å². The van der Waals surface area contributed by atoms with Crippen molar-refractivity contribution < 1.29 is 14.3 Å². The van der Waals surface area contributed by atoms with Crippen LogP contribution in [0.2, 0.25) is 0 Å². The average Bonchev–Trinajstić information content (AvgIpc) is 3.22. The van der Waals surface area contributed by atoms with E-state index in [4.69, 9.17) is 9.47 Å². The lowest BCUT2D eigenvalue weighted by Gasteiger charge is -2.53. The standard InChI is InChI=1S/C24H34O3/c1-4-16-13-21-20-6-5-17-14-24(26-11-12-27-24)10-8-18(17)19(20)7-9-23(21,3)22(16)15(2)25/h4,7,16-18,20-22H,1,5-6,8-14H2,2-3H3/t16-,17+,18?,20?,21?,22?,23+/m1/s1. The minimum absolute atomic E-state index is 0.124. The van der Waals surface area contributed by atoms with E-state index >= 15 is 0 Å². The van der Waals surface area contributed by atoms with Crippen molar-refractivity contribution in [1.29, 1.82) is 0 Å². The number of carbonyl (C=O) groups excluding carboxylic acids is 1. The van der Waals surface area contributed by atoms with Crippen LogP contribution in [0.25, 0.3) is 0 Å². The molecule has 1 spiro atoms. The summed E-state index contributed by atoms with van der Waals surface area (Å²) in [6.07, 6.45) is 12.8.